The largest absolute Gasteiger partial charge is 0.384 e. The molecule has 20 heavy (non-hydrogen) atoms. The van der Waals surface area contributed by atoms with Crippen molar-refractivity contribution in [3.63, 3.8) is 0 Å². The molecule has 0 aliphatic heterocycles. The summed E-state index contributed by atoms with van der Waals surface area (Å²) in [7, 11) is 0. The van der Waals surface area contributed by atoms with Crippen LogP contribution in [0.25, 0.3) is 0 Å². The highest BCUT2D eigenvalue weighted by Gasteiger charge is 2.20. The second-order valence-electron chi connectivity index (χ2n) is 5.60. The SMILES string of the molecule is Cc1ccc(C(O)c2c(C)c(C)cc(C)c2C)c(Cl)c1. The third-order valence-corrected chi connectivity index (χ3v) is 4.48. The molecule has 0 amide bonds. The minimum Gasteiger partial charge on any atom is -0.384 e. The fourth-order valence-electron chi connectivity index (χ4n) is 2.67. The van der Waals surface area contributed by atoms with Crippen molar-refractivity contribution in [1.29, 1.82) is 0 Å². The average Bonchev–Trinajstić information content (AvgIpc) is 2.36. The number of halogens is 1. The monoisotopic (exact) mass is 288 g/mol. The van der Waals surface area contributed by atoms with E-state index in [-0.39, 0.29) is 0 Å². The molecule has 2 rings (SSSR count). The lowest BCUT2D eigenvalue weighted by molar-refractivity contribution is 0.218. The molecule has 1 N–H and O–H groups in total. The van der Waals surface area contributed by atoms with Crippen molar-refractivity contribution in [2.75, 3.05) is 0 Å². The molecule has 2 aromatic carbocycles. The van der Waals surface area contributed by atoms with Crippen LogP contribution in [0.5, 0.6) is 0 Å². The molecule has 2 aromatic rings. The van der Waals surface area contributed by atoms with Crippen LogP contribution in [0.2, 0.25) is 5.02 Å². The van der Waals surface area contributed by atoms with Gasteiger partial charge in [-0.2, -0.15) is 0 Å². The molecule has 0 heterocycles. The normalized spacial score (nSPS) is 12.6. The summed E-state index contributed by atoms with van der Waals surface area (Å²) in [4.78, 5) is 0. The van der Waals surface area contributed by atoms with Gasteiger partial charge >= 0.3 is 0 Å². The number of aliphatic hydroxyl groups is 1. The van der Waals surface area contributed by atoms with Crippen LogP contribution in [0.4, 0.5) is 0 Å². The van der Waals surface area contributed by atoms with Crippen LogP contribution in [0.15, 0.2) is 24.3 Å². The summed E-state index contributed by atoms with van der Waals surface area (Å²) in [6.07, 6.45) is -0.679. The number of hydrogen-bond acceptors (Lipinski definition) is 1. The van der Waals surface area contributed by atoms with Gasteiger partial charge in [-0.15, -0.1) is 0 Å². The summed E-state index contributed by atoms with van der Waals surface area (Å²) in [6, 6.07) is 7.96. The highest BCUT2D eigenvalue weighted by Crippen LogP contribution is 2.34. The third kappa shape index (κ3) is 2.61. The van der Waals surface area contributed by atoms with Crippen molar-refractivity contribution in [2.24, 2.45) is 0 Å². The number of benzene rings is 2. The summed E-state index contributed by atoms with van der Waals surface area (Å²) in [5.74, 6) is 0. The Morgan fingerprint density at radius 1 is 0.900 bits per heavy atom. The van der Waals surface area contributed by atoms with Crippen molar-refractivity contribution in [1.82, 2.24) is 0 Å². The first-order chi connectivity index (χ1) is 9.32. The van der Waals surface area contributed by atoms with E-state index in [0.717, 1.165) is 27.8 Å². The van der Waals surface area contributed by atoms with Gasteiger partial charge in [0.15, 0.2) is 0 Å². The van der Waals surface area contributed by atoms with Gasteiger partial charge in [0.2, 0.25) is 0 Å². The molecule has 0 saturated heterocycles. The lowest BCUT2D eigenvalue weighted by Gasteiger charge is -2.21. The molecule has 0 aliphatic rings. The van der Waals surface area contributed by atoms with Crippen molar-refractivity contribution in [3.05, 3.63) is 68.2 Å². The Balaban J connectivity index is 2.62. The van der Waals surface area contributed by atoms with Crippen molar-refractivity contribution in [2.45, 2.75) is 40.7 Å². The van der Waals surface area contributed by atoms with E-state index in [4.69, 9.17) is 11.6 Å². The summed E-state index contributed by atoms with van der Waals surface area (Å²) >= 11 is 6.30. The second-order valence-corrected chi connectivity index (χ2v) is 6.01. The highest BCUT2D eigenvalue weighted by molar-refractivity contribution is 6.31. The van der Waals surface area contributed by atoms with Crippen LogP contribution in [0.3, 0.4) is 0 Å². The van der Waals surface area contributed by atoms with E-state index < -0.39 is 6.10 Å². The molecule has 1 nitrogen and oxygen atoms in total. The first-order valence-electron chi connectivity index (χ1n) is 6.84. The van der Waals surface area contributed by atoms with Crippen LogP contribution < -0.4 is 0 Å². The Bertz CT molecular complexity index is 633. The van der Waals surface area contributed by atoms with Gasteiger partial charge in [-0.3, -0.25) is 0 Å². The standard InChI is InChI=1S/C18H21ClO/c1-10-6-7-15(16(19)8-10)18(20)17-13(4)11(2)9-12(3)14(17)5/h6-9,18,20H,1-5H3. The third-order valence-electron chi connectivity index (χ3n) is 4.15. The fourth-order valence-corrected chi connectivity index (χ4v) is 3.01. The smallest absolute Gasteiger partial charge is 0.106 e. The average molecular weight is 289 g/mol. The molecule has 0 spiro atoms. The van der Waals surface area contributed by atoms with Gasteiger partial charge in [-0.05, 0) is 74.1 Å². The van der Waals surface area contributed by atoms with Crippen molar-refractivity contribution in [3.8, 4) is 0 Å². The van der Waals surface area contributed by atoms with Gasteiger partial charge in [-0.1, -0.05) is 29.8 Å². The number of aliphatic hydroxyl groups excluding tert-OH is 1. The highest BCUT2D eigenvalue weighted by atomic mass is 35.5. The zero-order valence-electron chi connectivity index (χ0n) is 12.7. The van der Waals surface area contributed by atoms with Gasteiger partial charge in [-0.25, -0.2) is 0 Å². The summed E-state index contributed by atoms with van der Waals surface area (Å²) in [6.45, 7) is 10.3. The minimum absolute atomic E-state index is 0.621. The van der Waals surface area contributed by atoms with E-state index in [9.17, 15) is 5.11 Å². The second kappa shape index (κ2) is 5.59. The molecular weight excluding hydrogens is 268 g/mol. The van der Waals surface area contributed by atoms with Crippen LogP contribution >= 0.6 is 11.6 Å². The maximum atomic E-state index is 10.8. The van der Waals surface area contributed by atoms with E-state index in [1.165, 1.54) is 11.1 Å². The topological polar surface area (TPSA) is 20.2 Å². The van der Waals surface area contributed by atoms with E-state index in [1.54, 1.807) is 0 Å². The predicted octanol–water partition coefficient (Wildman–Crippen LogP) is 4.96. The zero-order valence-corrected chi connectivity index (χ0v) is 13.5. The molecule has 0 radical (unpaired) electrons. The number of hydrogen-bond donors (Lipinski definition) is 1. The maximum Gasteiger partial charge on any atom is 0.106 e. The molecule has 1 unspecified atom stereocenters. The van der Waals surface area contributed by atoms with E-state index in [1.807, 2.05) is 25.1 Å². The van der Waals surface area contributed by atoms with Crippen molar-refractivity contribution >= 4 is 11.6 Å². The van der Waals surface area contributed by atoms with Crippen molar-refractivity contribution < 1.29 is 5.11 Å². The lowest BCUT2D eigenvalue weighted by atomic mass is 9.88. The van der Waals surface area contributed by atoms with Gasteiger partial charge in [0.25, 0.3) is 0 Å². The quantitative estimate of drug-likeness (QED) is 0.828. The fraction of sp³-hybridized carbons (Fsp3) is 0.333. The molecular formula is C18H21ClO. The first-order valence-corrected chi connectivity index (χ1v) is 7.22. The van der Waals surface area contributed by atoms with Crippen LogP contribution in [0, 0.1) is 34.6 Å². The molecule has 0 saturated carbocycles. The van der Waals surface area contributed by atoms with Gasteiger partial charge in [0.05, 0.1) is 0 Å². The Hall–Kier alpha value is -1.31. The summed E-state index contributed by atoms with van der Waals surface area (Å²) in [5, 5.41) is 11.4. The van der Waals surface area contributed by atoms with Gasteiger partial charge in [0, 0.05) is 10.6 Å². The lowest BCUT2D eigenvalue weighted by Crippen LogP contribution is -2.08. The predicted molar refractivity (Wildman–Crippen MR) is 85.6 cm³/mol. The Kier molecular flexibility index (Phi) is 4.22. The maximum absolute atomic E-state index is 10.8. The number of aryl methyl sites for hydroxylation is 3. The van der Waals surface area contributed by atoms with Crippen LogP contribution in [-0.4, -0.2) is 5.11 Å². The zero-order chi connectivity index (χ0) is 15.0. The molecule has 0 bridgehead atoms. The van der Waals surface area contributed by atoms with E-state index >= 15 is 0 Å². The summed E-state index contributed by atoms with van der Waals surface area (Å²) < 4.78 is 0. The molecule has 0 aromatic heterocycles. The van der Waals surface area contributed by atoms with Gasteiger partial charge in [0.1, 0.15) is 6.10 Å². The van der Waals surface area contributed by atoms with Crippen LogP contribution in [0.1, 0.15) is 45.0 Å². The van der Waals surface area contributed by atoms with Gasteiger partial charge < -0.3 is 5.11 Å². The number of rotatable bonds is 2. The molecule has 0 aliphatic carbocycles. The Morgan fingerprint density at radius 2 is 1.45 bits per heavy atom. The molecule has 106 valence electrons. The Labute approximate surface area is 126 Å². The molecule has 2 heteroatoms. The first kappa shape index (κ1) is 15.1. The summed E-state index contributed by atoms with van der Waals surface area (Å²) in [5.41, 5.74) is 7.52. The molecule has 1 atom stereocenters. The Morgan fingerprint density at radius 3 is 1.95 bits per heavy atom. The van der Waals surface area contributed by atoms with E-state index in [2.05, 4.69) is 33.8 Å². The molecule has 0 fully saturated rings. The van der Waals surface area contributed by atoms with Crippen LogP contribution in [-0.2, 0) is 0 Å². The van der Waals surface area contributed by atoms with E-state index in [0.29, 0.717) is 5.02 Å². The minimum atomic E-state index is -0.679.